The van der Waals surface area contributed by atoms with Crippen molar-refractivity contribution in [3.05, 3.63) is 66.2 Å². The van der Waals surface area contributed by atoms with Gasteiger partial charge in [0.1, 0.15) is 0 Å². The number of hydrogen-bond donors (Lipinski definition) is 1. The van der Waals surface area contributed by atoms with E-state index in [4.69, 9.17) is 0 Å². The highest BCUT2D eigenvalue weighted by Gasteiger charge is 2.20. The molecule has 0 fully saturated rings. The third-order valence-corrected chi connectivity index (χ3v) is 4.91. The van der Waals surface area contributed by atoms with Crippen LogP contribution in [0.25, 0.3) is 0 Å². The highest BCUT2D eigenvalue weighted by atomic mass is 32.2. The molecule has 2 rings (SSSR count). The summed E-state index contributed by atoms with van der Waals surface area (Å²) >= 11 is 0. The molecule has 24 heavy (non-hydrogen) atoms. The molecule has 0 saturated heterocycles. The summed E-state index contributed by atoms with van der Waals surface area (Å²) in [4.78, 5) is 14.2. The van der Waals surface area contributed by atoms with Crippen molar-refractivity contribution in [1.82, 2.24) is 9.03 Å². The third kappa shape index (κ3) is 4.89. The molecule has 6 nitrogen and oxygen atoms in total. The maximum absolute atomic E-state index is 12.6. The summed E-state index contributed by atoms with van der Waals surface area (Å²) in [5.74, 6) is -0.324. The molecule has 0 saturated carbocycles. The fourth-order valence-electron chi connectivity index (χ4n) is 2.07. The Morgan fingerprint density at radius 3 is 2.04 bits per heavy atom. The highest BCUT2D eigenvalue weighted by Crippen LogP contribution is 2.17. The lowest BCUT2D eigenvalue weighted by molar-refractivity contribution is -0.117. The molecule has 0 radical (unpaired) electrons. The zero-order valence-corrected chi connectivity index (χ0v) is 14.5. The normalized spacial score (nSPS) is 11.5. The van der Waals surface area contributed by atoms with Crippen molar-refractivity contribution in [2.24, 2.45) is 0 Å². The number of carbonyl (C=O) groups excluding carboxylic acids is 1. The Bertz CT molecular complexity index is 762. The number of amides is 1. The predicted octanol–water partition coefficient (Wildman–Crippen LogP) is 1.62. The van der Waals surface area contributed by atoms with Crippen LogP contribution in [0, 0.1) is 0 Å². The van der Waals surface area contributed by atoms with Crippen LogP contribution in [-0.2, 0) is 21.5 Å². The van der Waals surface area contributed by atoms with Gasteiger partial charge in [-0.1, -0.05) is 48.5 Å². The lowest BCUT2D eigenvalue weighted by Gasteiger charge is -2.23. The van der Waals surface area contributed by atoms with Crippen LogP contribution in [0.5, 0.6) is 0 Å². The number of nitrogens with zero attached hydrogens (tertiary/aromatic N) is 2. The molecule has 0 aliphatic carbocycles. The maximum Gasteiger partial charge on any atom is 0.279 e. The van der Waals surface area contributed by atoms with Gasteiger partial charge >= 0.3 is 0 Å². The molecular formula is C17H21N3O3S. The molecule has 0 spiro atoms. The van der Waals surface area contributed by atoms with Crippen LogP contribution in [0.3, 0.4) is 0 Å². The van der Waals surface area contributed by atoms with Crippen molar-refractivity contribution in [2.75, 3.05) is 25.5 Å². The summed E-state index contributed by atoms with van der Waals surface area (Å²) in [5.41, 5.74) is 1.68. The Balaban J connectivity index is 2.18. The number of anilines is 1. The summed E-state index contributed by atoms with van der Waals surface area (Å²) in [6.45, 7) is 0.0651. The predicted molar refractivity (Wildman–Crippen MR) is 94.7 cm³/mol. The summed E-state index contributed by atoms with van der Waals surface area (Å²) < 4.78 is 26.9. The van der Waals surface area contributed by atoms with E-state index in [1.54, 1.807) is 4.90 Å². The average molecular weight is 347 g/mol. The average Bonchev–Trinajstić information content (AvgIpc) is 2.59. The standard InChI is InChI=1S/C17H21N3O3S/c1-19(2)24(22,23)18-13-17(21)20(16-11-7-4-8-12-16)14-15-9-5-3-6-10-15/h3-12,18H,13-14H2,1-2H3. The second kappa shape index (κ2) is 8.05. The number of carbonyl (C=O) groups is 1. The van der Waals surface area contributed by atoms with Gasteiger partial charge in [-0.2, -0.15) is 17.4 Å². The van der Waals surface area contributed by atoms with E-state index in [1.165, 1.54) is 14.1 Å². The van der Waals surface area contributed by atoms with Crippen molar-refractivity contribution >= 4 is 21.8 Å². The Kier molecular flexibility index (Phi) is 6.08. The monoisotopic (exact) mass is 347 g/mol. The third-order valence-electron chi connectivity index (χ3n) is 3.44. The first kappa shape index (κ1) is 18.1. The van der Waals surface area contributed by atoms with E-state index >= 15 is 0 Å². The molecule has 1 amide bonds. The van der Waals surface area contributed by atoms with Crippen LogP contribution in [-0.4, -0.2) is 39.3 Å². The fraction of sp³-hybridized carbons (Fsp3) is 0.235. The maximum atomic E-state index is 12.6. The topological polar surface area (TPSA) is 69.7 Å². The van der Waals surface area contributed by atoms with E-state index in [0.717, 1.165) is 15.6 Å². The van der Waals surface area contributed by atoms with Crippen LogP contribution < -0.4 is 9.62 Å². The molecule has 2 aromatic carbocycles. The van der Waals surface area contributed by atoms with Gasteiger partial charge in [-0.25, -0.2) is 0 Å². The second-order valence-electron chi connectivity index (χ2n) is 5.41. The van der Waals surface area contributed by atoms with E-state index in [0.29, 0.717) is 6.54 Å². The number of para-hydroxylation sites is 1. The first-order valence-electron chi connectivity index (χ1n) is 7.46. The number of hydrogen-bond acceptors (Lipinski definition) is 3. The quantitative estimate of drug-likeness (QED) is 0.827. The first-order valence-corrected chi connectivity index (χ1v) is 8.90. The molecule has 2 aromatic rings. The SMILES string of the molecule is CN(C)S(=O)(=O)NCC(=O)N(Cc1ccccc1)c1ccccc1. The second-order valence-corrected chi connectivity index (χ2v) is 7.38. The highest BCUT2D eigenvalue weighted by molar-refractivity contribution is 7.87. The summed E-state index contributed by atoms with van der Waals surface area (Å²) in [6.07, 6.45) is 0. The van der Waals surface area contributed by atoms with Gasteiger partial charge in [-0.15, -0.1) is 0 Å². The van der Waals surface area contributed by atoms with Crippen molar-refractivity contribution in [3.63, 3.8) is 0 Å². The molecule has 0 aliphatic heterocycles. The molecule has 0 heterocycles. The summed E-state index contributed by atoms with van der Waals surface area (Å²) in [6, 6.07) is 18.7. The van der Waals surface area contributed by atoms with Gasteiger partial charge in [0.15, 0.2) is 0 Å². The Morgan fingerprint density at radius 2 is 1.50 bits per heavy atom. The number of rotatable bonds is 7. The largest absolute Gasteiger partial charge is 0.307 e. The van der Waals surface area contributed by atoms with E-state index in [1.807, 2.05) is 60.7 Å². The van der Waals surface area contributed by atoms with Crippen LogP contribution in [0.1, 0.15) is 5.56 Å². The minimum absolute atomic E-state index is 0.303. The van der Waals surface area contributed by atoms with Gasteiger partial charge in [0.2, 0.25) is 5.91 Å². The van der Waals surface area contributed by atoms with E-state index < -0.39 is 10.2 Å². The van der Waals surface area contributed by atoms with Gasteiger partial charge in [0, 0.05) is 19.8 Å². The van der Waals surface area contributed by atoms with Crippen molar-refractivity contribution in [3.8, 4) is 0 Å². The van der Waals surface area contributed by atoms with E-state index in [2.05, 4.69) is 4.72 Å². The van der Waals surface area contributed by atoms with E-state index in [-0.39, 0.29) is 12.5 Å². The molecule has 7 heteroatoms. The molecule has 0 bridgehead atoms. The number of benzene rings is 2. The molecule has 0 aromatic heterocycles. The minimum atomic E-state index is -3.65. The molecular weight excluding hydrogens is 326 g/mol. The smallest absolute Gasteiger partial charge is 0.279 e. The van der Waals surface area contributed by atoms with Crippen LogP contribution in [0.2, 0.25) is 0 Å². The number of nitrogens with one attached hydrogen (secondary N) is 1. The van der Waals surface area contributed by atoms with Crippen molar-refractivity contribution in [1.29, 1.82) is 0 Å². The van der Waals surface area contributed by atoms with Crippen LogP contribution >= 0.6 is 0 Å². The fourth-order valence-corrected chi connectivity index (χ4v) is 2.64. The molecule has 0 unspecified atom stereocenters. The minimum Gasteiger partial charge on any atom is -0.307 e. The summed E-state index contributed by atoms with van der Waals surface area (Å²) in [7, 11) is -0.829. The first-order chi connectivity index (χ1) is 11.4. The van der Waals surface area contributed by atoms with Gasteiger partial charge in [0.05, 0.1) is 13.1 Å². The molecule has 1 N–H and O–H groups in total. The van der Waals surface area contributed by atoms with Crippen LogP contribution in [0.15, 0.2) is 60.7 Å². The Labute approximate surface area is 142 Å². The molecule has 128 valence electrons. The van der Waals surface area contributed by atoms with Crippen molar-refractivity contribution < 1.29 is 13.2 Å². The zero-order valence-electron chi connectivity index (χ0n) is 13.7. The van der Waals surface area contributed by atoms with Crippen LogP contribution in [0.4, 0.5) is 5.69 Å². The van der Waals surface area contributed by atoms with Gasteiger partial charge < -0.3 is 4.90 Å². The summed E-state index contributed by atoms with van der Waals surface area (Å²) in [5, 5.41) is 0. The lowest BCUT2D eigenvalue weighted by atomic mass is 10.2. The molecule has 0 atom stereocenters. The molecule has 0 aliphatic rings. The zero-order chi connectivity index (χ0) is 17.6. The van der Waals surface area contributed by atoms with E-state index in [9.17, 15) is 13.2 Å². The lowest BCUT2D eigenvalue weighted by Crippen LogP contribution is -2.43. The van der Waals surface area contributed by atoms with Gasteiger partial charge in [-0.05, 0) is 17.7 Å². The Hall–Kier alpha value is -2.22. The Morgan fingerprint density at radius 1 is 0.958 bits per heavy atom. The van der Waals surface area contributed by atoms with Gasteiger partial charge in [0.25, 0.3) is 10.2 Å². The van der Waals surface area contributed by atoms with Crippen molar-refractivity contribution in [2.45, 2.75) is 6.54 Å². The van der Waals surface area contributed by atoms with Gasteiger partial charge in [-0.3, -0.25) is 4.79 Å².